The zero-order valence-electron chi connectivity index (χ0n) is 24.0. The summed E-state index contributed by atoms with van der Waals surface area (Å²) in [5.41, 5.74) is 10.4. The van der Waals surface area contributed by atoms with Gasteiger partial charge in [-0.2, -0.15) is 0 Å². The Morgan fingerprint density at radius 1 is 1.05 bits per heavy atom. The Labute approximate surface area is 240 Å². The number of urea groups is 1. The Kier molecular flexibility index (Phi) is 8.23. The predicted molar refractivity (Wildman–Crippen MR) is 164 cm³/mol. The van der Waals surface area contributed by atoms with Crippen LogP contribution in [0.5, 0.6) is 0 Å². The average Bonchev–Trinajstić information content (AvgIpc) is 3.12. The van der Waals surface area contributed by atoms with Gasteiger partial charge in [0, 0.05) is 74.8 Å². The first kappa shape index (κ1) is 28.1. The first-order valence-corrected chi connectivity index (χ1v) is 14.4. The minimum atomic E-state index is -0.0821. The predicted octanol–water partition coefficient (Wildman–Crippen LogP) is 4.36. The molecule has 0 aliphatic carbocycles. The maximum Gasteiger partial charge on any atom is 0.317 e. The summed E-state index contributed by atoms with van der Waals surface area (Å²) >= 11 is 0. The second-order valence-corrected chi connectivity index (χ2v) is 10.9. The fourth-order valence-electron chi connectivity index (χ4n) is 5.66. The number of amidine groups is 1. The quantitative estimate of drug-likeness (QED) is 0.431. The molecule has 9 heteroatoms. The molecule has 0 bridgehead atoms. The highest BCUT2D eigenvalue weighted by atomic mass is 16.2. The monoisotopic (exact) mass is 554 g/mol. The van der Waals surface area contributed by atoms with Crippen LogP contribution in [0.1, 0.15) is 38.7 Å². The fourth-order valence-corrected chi connectivity index (χ4v) is 5.66. The van der Waals surface area contributed by atoms with Crippen LogP contribution in [0.25, 0.3) is 28.0 Å². The fraction of sp³-hybridized carbons (Fsp3) is 0.375. The van der Waals surface area contributed by atoms with E-state index in [1.54, 1.807) is 16.5 Å². The van der Waals surface area contributed by atoms with E-state index in [2.05, 4.69) is 24.2 Å². The van der Waals surface area contributed by atoms with Crippen molar-refractivity contribution in [3.63, 3.8) is 0 Å². The summed E-state index contributed by atoms with van der Waals surface area (Å²) in [7, 11) is 1.62. The van der Waals surface area contributed by atoms with Gasteiger partial charge in [-0.25, -0.2) is 9.79 Å². The van der Waals surface area contributed by atoms with Gasteiger partial charge in [-0.15, -0.1) is 0 Å². The molecule has 2 aliphatic heterocycles. The number of pyridine rings is 1. The van der Waals surface area contributed by atoms with Crippen molar-refractivity contribution < 1.29 is 9.59 Å². The van der Waals surface area contributed by atoms with E-state index < -0.39 is 0 Å². The molecule has 0 radical (unpaired) electrons. The van der Waals surface area contributed by atoms with Crippen molar-refractivity contribution in [2.75, 3.05) is 33.2 Å². The second kappa shape index (κ2) is 12.0. The Morgan fingerprint density at radius 2 is 1.76 bits per heavy atom. The van der Waals surface area contributed by atoms with Crippen LogP contribution in [-0.4, -0.2) is 65.4 Å². The van der Waals surface area contributed by atoms with Crippen molar-refractivity contribution in [1.82, 2.24) is 19.7 Å². The number of carbonyl (C=O) groups excluding carboxylic acids is 2. The van der Waals surface area contributed by atoms with Crippen molar-refractivity contribution in [3.05, 3.63) is 70.2 Å². The minimum absolute atomic E-state index is 0.0186. The smallest absolute Gasteiger partial charge is 0.317 e. The Balaban J connectivity index is 1.38. The summed E-state index contributed by atoms with van der Waals surface area (Å²) in [5, 5.41) is 4.15. The maximum atomic E-state index is 13.3. The molecular weight excluding hydrogens is 516 g/mol. The van der Waals surface area contributed by atoms with E-state index in [1.807, 2.05) is 59.6 Å². The van der Waals surface area contributed by atoms with Crippen molar-refractivity contribution in [2.24, 2.45) is 16.6 Å². The topological polar surface area (TPSA) is 113 Å². The molecule has 0 atom stereocenters. The van der Waals surface area contributed by atoms with Crippen molar-refractivity contribution in [1.29, 1.82) is 0 Å². The molecule has 9 nitrogen and oxygen atoms in total. The van der Waals surface area contributed by atoms with Crippen molar-refractivity contribution in [2.45, 2.75) is 39.7 Å². The number of likely N-dealkylation sites (tertiary alicyclic amines) is 1. The molecule has 5 rings (SSSR count). The van der Waals surface area contributed by atoms with Gasteiger partial charge in [0.25, 0.3) is 5.56 Å². The third-order valence-electron chi connectivity index (χ3n) is 7.77. The third-order valence-corrected chi connectivity index (χ3v) is 7.77. The molecule has 1 saturated heterocycles. The number of fused-ring (bicyclic) bond motifs is 2. The van der Waals surface area contributed by atoms with Gasteiger partial charge in [0.15, 0.2) is 0 Å². The Morgan fingerprint density at radius 3 is 2.46 bits per heavy atom. The third kappa shape index (κ3) is 5.89. The molecular formula is C32H38N6O3. The number of aromatic nitrogens is 1. The van der Waals surface area contributed by atoms with Crippen LogP contribution in [0.4, 0.5) is 10.5 Å². The summed E-state index contributed by atoms with van der Waals surface area (Å²) in [6.07, 6.45) is 5.88. The molecule has 1 aromatic heterocycles. The van der Waals surface area contributed by atoms with E-state index in [1.165, 1.54) is 0 Å². The first-order valence-electron chi connectivity index (χ1n) is 14.4. The van der Waals surface area contributed by atoms with E-state index in [9.17, 15) is 14.4 Å². The van der Waals surface area contributed by atoms with Crippen LogP contribution in [0.15, 0.2) is 64.0 Å². The highest BCUT2D eigenvalue weighted by molar-refractivity contribution is 6.05. The molecule has 3 N–H and O–H groups in total. The zero-order chi connectivity index (χ0) is 29.1. The number of carbonyl (C=O) groups is 2. The SMILES string of the molecule is CCCN(CCC)C(=O)C1=Cc2ccc(-c3ccc4c(=O)n(CC5CN(C(=O)NC)C5)ccc4c3)cc2N=C(N)C1. The maximum absolute atomic E-state index is 13.3. The molecule has 41 heavy (non-hydrogen) atoms. The van der Waals surface area contributed by atoms with Crippen molar-refractivity contribution in [3.8, 4) is 11.1 Å². The number of nitrogens with one attached hydrogen (secondary N) is 1. The molecule has 3 amide bonds. The number of amides is 3. The molecule has 3 heterocycles. The summed E-state index contributed by atoms with van der Waals surface area (Å²) in [6.45, 7) is 7.47. The van der Waals surface area contributed by atoms with E-state index in [4.69, 9.17) is 5.73 Å². The van der Waals surface area contributed by atoms with Gasteiger partial charge in [0.1, 0.15) is 5.84 Å². The highest BCUT2D eigenvalue weighted by Gasteiger charge is 2.30. The summed E-state index contributed by atoms with van der Waals surface area (Å²) in [5.74, 6) is 0.697. The van der Waals surface area contributed by atoms with Gasteiger partial charge in [-0.3, -0.25) is 9.59 Å². The zero-order valence-corrected chi connectivity index (χ0v) is 24.0. The Hall–Kier alpha value is -4.40. The lowest BCUT2D eigenvalue weighted by Crippen LogP contribution is -2.54. The normalized spacial score (nSPS) is 15.0. The van der Waals surface area contributed by atoms with Gasteiger partial charge in [-0.1, -0.05) is 32.0 Å². The molecule has 2 aromatic carbocycles. The summed E-state index contributed by atoms with van der Waals surface area (Å²) in [4.78, 5) is 46.5. The highest BCUT2D eigenvalue weighted by Crippen LogP contribution is 2.33. The van der Waals surface area contributed by atoms with Gasteiger partial charge in [-0.05, 0) is 59.7 Å². The number of benzene rings is 2. The van der Waals surface area contributed by atoms with Crippen LogP contribution in [0.2, 0.25) is 0 Å². The number of nitrogens with zero attached hydrogens (tertiary/aromatic N) is 4. The molecule has 214 valence electrons. The lowest BCUT2D eigenvalue weighted by molar-refractivity contribution is -0.127. The van der Waals surface area contributed by atoms with E-state index in [-0.39, 0.29) is 23.4 Å². The van der Waals surface area contributed by atoms with Crippen LogP contribution in [0, 0.1) is 5.92 Å². The summed E-state index contributed by atoms with van der Waals surface area (Å²) < 4.78 is 1.74. The largest absolute Gasteiger partial charge is 0.387 e. The van der Waals surface area contributed by atoms with E-state index >= 15 is 0 Å². The van der Waals surface area contributed by atoms with Gasteiger partial charge < -0.3 is 25.4 Å². The molecule has 0 spiro atoms. The number of aliphatic imine (C=N–C) groups is 1. The van der Waals surface area contributed by atoms with Gasteiger partial charge in [0.05, 0.1) is 5.69 Å². The number of hydrogen-bond acceptors (Lipinski definition) is 5. The minimum Gasteiger partial charge on any atom is -0.387 e. The Bertz CT molecular complexity index is 1590. The van der Waals surface area contributed by atoms with Crippen LogP contribution >= 0.6 is 0 Å². The second-order valence-electron chi connectivity index (χ2n) is 10.9. The van der Waals surface area contributed by atoms with Crippen LogP contribution in [0.3, 0.4) is 0 Å². The molecule has 2 aliphatic rings. The van der Waals surface area contributed by atoms with Gasteiger partial charge in [0.2, 0.25) is 5.91 Å². The molecule has 0 unspecified atom stereocenters. The number of rotatable bonds is 8. The van der Waals surface area contributed by atoms with Gasteiger partial charge >= 0.3 is 6.03 Å². The number of hydrogen-bond donors (Lipinski definition) is 2. The lowest BCUT2D eigenvalue weighted by atomic mass is 9.98. The van der Waals surface area contributed by atoms with E-state index in [0.717, 1.165) is 53.7 Å². The average molecular weight is 555 g/mol. The van der Waals surface area contributed by atoms with Crippen LogP contribution < -0.4 is 16.6 Å². The molecule has 0 saturated carbocycles. The van der Waals surface area contributed by atoms with E-state index in [0.29, 0.717) is 42.9 Å². The first-order chi connectivity index (χ1) is 19.8. The standard InChI is InChI=1S/C32H38N6O3/c1-4-11-36(12-5-2)30(39)26-15-25-7-6-23(16-28(25)35-29(33)17-26)22-8-9-27-24(14-22)10-13-37(31(27)40)18-21-19-38(20-21)32(41)34-3/h6-10,13-16,21H,4-5,11-12,17-20H2,1-3H3,(H2,33,35)(H,34,41). The summed E-state index contributed by atoms with van der Waals surface area (Å²) in [6, 6.07) is 13.7. The lowest BCUT2D eigenvalue weighted by Gasteiger charge is -2.39. The van der Waals surface area contributed by atoms with Crippen LogP contribution in [-0.2, 0) is 11.3 Å². The number of nitrogens with two attached hydrogens (primary N) is 1. The molecule has 3 aromatic rings. The van der Waals surface area contributed by atoms with Crippen molar-refractivity contribution >= 4 is 40.3 Å². The molecule has 1 fully saturated rings.